The lowest BCUT2D eigenvalue weighted by molar-refractivity contribution is 0.504. The summed E-state index contributed by atoms with van der Waals surface area (Å²) >= 11 is 0. The van der Waals surface area contributed by atoms with E-state index in [0.717, 1.165) is 12.1 Å². The first-order chi connectivity index (χ1) is 8.90. The fourth-order valence-corrected chi connectivity index (χ4v) is 2.45. The van der Waals surface area contributed by atoms with E-state index in [-0.39, 0.29) is 11.4 Å². The van der Waals surface area contributed by atoms with Gasteiger partial charge in [0.15, 0.2) is 11.6 Å². The Bertz CT molecular complexity index is 720. The number of nitrogens with zero attached hydrogens (tertiary/aromatic N) is 1. The molecule has 2 rings (SSSR count). The van der Waals surface area contributed by atoms with E-state index in [1.54, 1.807) is 0 Å². The number of hydrogen-bond donors (Lipinski definition) is 2. The second-order valence-electron chi connectivity index (χ2n) is 3.64. The predicted octanol–water partition coefficient (Wildman–Crippen LogP) is 1.74. The monoisotopic (exact) mass is 285 g/mol. The number of nitrogen functional groups attached to an aromatic ring is 1. The third kappa shape index (κ3) is 2.79. The lowest BCUT2D eigenvalue weighted by Crippen LogP contribution is -2.14. The minimum absolute atomic E-state index is 0.111. The molecule has 0 bridgehead atoms. The first-order valence-corrected chi connectivity index (χ1v) is 6.56. The molecule has 0 saturated carbocycles. The molecule has 0 atom stereocenters. The topological polar surface area (TPSA) is 85.1 Å². The van der Waals surface area contributed by atoms with Crippen molar-refractivity contribution in [1.82, 2.24) is 4.98 Å². The third-order valence-electron chi connectivity index (χ3n) is 2.30. The van der Waals surface area contributed by atoms with Crippen LogP contribution >= 0.6 is 0 Å². The first-order valence-electron chi connectivity index (χ1n) is 5.07. The molecule has 1 aromatic heterocycles. The molecular weight excluding hydrogens is 276 g/mol. The van der Waals surface area contributed by atoms with E-state index in [2.05, 4.69) is 9.71 Å². The second kappa shape index (κ2) is 4.81. The summed E-state index contributed by atoms with van der Waals surface area (Å²) in [6, 6.07) is 3.64. The minimum atomic E-state index is -4.04. The van der Waals surface area contributed by atoms with Crippen molar-refractivity contribution in [1.29, 1.82) is 0 Å². The van der Waals surface area contributed by atoms with E-state index in [4.69, 9.17) is 5.73 Å². The number of aromatic nitrogens is 1. The molecule has 0 aliphatic rings. The quantitative estimate of drug-likeness (QED) is 0.899. The van der Waals surface area contributed by atoms with Crippen molar-refractivity contribution in [2.75, 3.05) is 10.5 Å². The average Bonchev–Trinajstić information content (AvgIpc) is 2.35. The molecule has 0 aliphatic carbocycles. The molecule has 0 amide bonds. The van der Waals surface area contributed by atoms with Crippen molar-refractivity contribution in [2.24, 2.45) is 0 Å². The summed E-state index contributed by atoms with van der Waals surface area (Å²) in [6.07, 6.45) is 2.61. The van der Waals surface area contributed by atoms with Crippen LogP contribution < -0.4 is 10.5 Å². The number of hydrogen-bond acceptors (Lipinski definition) is 4. The Morgan fingerprint density at radius 1 is 1.16 bits per heavy atom. The van der Waals surface area contributed by atoms with E-state index >= 15 is 0 Å². The minimum Gasteiger partial charge on any atom is -0.396 e. The molecule has 8 heteroatoms. The fourth-order valence-electron chi connectivity index (χ4n) is 1.35. The summed E-state index contributed by atoms with van der Waals surface area (Å²) in [6.45, 7) is 0. The van der Waals surface area contributed by atoms with E-state index in [0.29, 0.717) is 6.07 Å². The van der Waals surface area contributed by atoms with Gasteiger partial charge in [0, 0.05) is 6.20 Å². The molecule has 0 radical (unpaired) electrons. The summed E-state index contributed by atoms with van der Waals surface area (Å²) in [5, 5.41) is 0. The van der Waals surface area contributed by atoms with Gasteiger partial charge in [0.25, 0.3) is 10.0 Å². The predicted molar refractivity (Wildman–Crippen MR) is 65.8 cm³/mol. The van der Waals surface area contributed by atoms with Gasteiger partial charge < -0.3 is 5.73 Å². The van der Waals surface area contributed by atoms with Crippen molar-refractivity contribution < 1.29 is 17.2 Å². The molecular formula is C11H9F2N3O2S. The van der Waals surface area contributed by atoms with Gasteiger partial charge in [0.2, 0.25) is 0 Å². The smallest absolute Gasteiger partial charge is 0.262 e. The van der Waals surface area contributed by atoms with Gasteiger partial charge in [-0.3, -0.25) is 9.71 Å². The standard InChI is InChI=1S/C11H9F2N3O2S/c12-8-2-1-7(5-9(8)13)19(17,18)16-11-3-4-15-6-10(11)14/h1-6H,14H2,(H,15,16). The lowest BCUT2D eigenvalue weighted by Gasteiger charge is -2.09. The van der Waals surface area contributed by atoms with Crippen LogP contribution in [-0.2, 0) is 10.0 Å². The Labute approximate surface area is 108 Å². The normalized spacial score (nSPS) is 11.3. The Hall–Kier alpha value is -2.22. The second-order valence-corrected chi connectivity index (χ2v) is 5.33. The van der Waals surface area contributed by atoms with Crippen LogP contribution in [0.2, 0.25) is 0 Å². The van der Waals surface area contributed by atoms with Gasteiger partial charge in [-0.25, -0.2) is 17.2 Å². The number of nitrogens with two attached hydrogens (primary N) is 1. The molecule has 100 valence electrons. The maximum atomic E-state index is 13.0. The fraction of sp³-hybridized carbons (Fsp3) is 0. The van der Waals surface area contributed by atoms with Crippen LogP contribution in [0.1, 0.15) is 0 Å². The van der Waals surface area contributed by atoms with Gasteiger partial charge in [0.1, 0.15) is 0 Å². The zero-order valence-corrected chi connectivity index (χ0v) is 10.3. The molecule has 1 heterocycles. The molecule has 0 saturated heterocycles. The molecule has 0 fully saturated rings. The van der Waals surface area contributed by atoms with Crippen LogP contribution in [-0.4, -0.2) is 13.4 Å². The Balaban J connectivity index is 2.38. The zero-order valence-electron chi connectivity index (χ0n) is 9.47. The van der Waals surface area contributed by atoms with Crippen LogP contribution in [0.4, 0.5) is 20.2 Å². The van der Waals surface area contributed by atoms with Gasteiger partial charge in [-0.1, -0.05) is 0 Å². The van der Waals surface area contributed by atoms with Gasteiger partial charge in [-0.15, -0.1) is 0 Å². The van der Waals surface area contributed by atoms with Crippen LogP contribution in [0.3, 0.4) is 0 Å². The van der Waals surface area contributed by atoms with Crippen LogP contribution in [0, 0.1) is 11.6 Å². The third-order valence-corrected chi connectivity index (χ3v) is 3.66. The summed E-state index contributed by atoms with van der Waals surface area (Å²) in [5.41, 5.74) is 5.77. The molecule has 0 aliphatic heterocycles. The van der Waals surface area contributed by atoms with Gasteiger partial charge in [-0.05, 0) is 24.3 Å². The number of pyridine rings is 1. The molecule has 19 heavy (non-hydrogen) atoms. The average molecular weight is 285 g/mol. The van der Waals surface area contributed by atoms with E-state index in [1.807, 2.05) is 0 Å². The number of sulfonamides is 1. The SMILES string of the molecule is Nc1cnccc1NS(=O)(=O)c1ccc(F)c(F)c1. The van der Waals surface area contributed by atoms with Crippen molar-refractivity contribution >= 4 is 21.4 Å². The highest BCUT2D eigenvalue weighted by Gasteiger charge is 2.17. The summed E-state index contributed by atoms with van der Waals surface area (Å²) in [7, 11) is -4.04. The zero-order chi connectivity index (χ0) is 14.0. The van der Waals surface area contributed by atoms with Crippen molar-refractivity contribution in [3.05, 3.63) is 48.3 Å². The van der Waals surface area contributed by atoms with E-state index in [9.17, 15) is 17.2 Å². The molecule has 2 aromatic rings. The van der Waals surface area contributed by atoms with Gasteiger partial charge in [-0.2, -0.15) is 0 Å². The Morgan fingerprint density at radius 2 is 1.89 bits per heavy atom. The molecule has 0 spiro atoms. The number of anilines is 2. The largest absolute Gasteiger partial charge is 0.396 e. The number of benzene rings is 1. The summed E-state index contributed by atoms with van der Waals surface area (Å²) in [4.78, 5) is 3.30. The molecule has 3 N–H and O–H groups in total. The maximum Gasteiger partial charge on any atom is 0.262 e. The number of rotatable bonds is 3. The first kappa shape index (κ1) is 13.2. The summed E-state index contributed by atoms with van der Waals surface area (Å²) in [5.74, 6) is -2.37. The van der Waals surface area contributed by atoms with Gasteiger partial charge >= 0.3 is 0 Å². The number of nitrogens with one attached hydrogen (secondary N) is 1. The van der Waals surface area contributed by atoms with Crippen molar-refractivity contribution in [2.45, 2.75) is 4.90 Å². The molecule has 0 unspecified atom stereocenters. The Kier molecular flexibility index (Phi) is 3.34. The van der Waals surface area contributed by atoms with E-state index < -0.39 is 26.6 Å². The lowest BCUT2D eigenvalue weighted by atomic mass is 10.3. The summed E-state index contributed by atoms with van der Waals surface area (Å²) < 4.78 is 51.8. The van der Waals surface area contributed by atoms with Crippen LogP contribution in [0.25, 0.3) is 0 Å². The van der Waals surface area contributed by atoms with Crippen molar-refractivity contribution in [3.8, 4) is 0 Å². The number of halogens is 2. The van der Waals surface area contributed by atoms with Crippen molar-refractivity contribution in [3.63, 3.8) is 0 Å². The molecule has 1 aromatic carbocycles. The molecule has 5 nitrogen and oxygen atoms in total. The van der Waals surface area contributed by atoms with Crippen LogP contribution in [0.15, 0.2) is 41.6 Å². The highest BCUT2D eigenvalue weighted by Crippen LogP contribution is 2.21. The maximum absolute atomic E-state index is 13.0. The van der Waals surface area contributed by atoms with Gasteiger partial charge in [0.05, 0.1) is 22.5 Å². The highest BCUT2D eigenvalue weighted by molar-refractivity contribution is 7.92. The Morgan fingerprint density at radius 3 is 2.53 bits per heavy atom. The van der Waals surface area contributed by atoms with E-state index in [1.165, 1.54) is 18.5 Å². The van der Waals surface area contributed by atoms with Crippen LogP contribution in [0.5, 0.6) is 0 Å². The highest BCUT2D eigenvalue weighted by atomic mass is 32.2.